The first-order valence-electron chi connectivity index (χ1n) is 7.04. The van der Waals surface area contributed by atoms with E-state index in [1.54, 1.807) is 24.0 Å². The Morgan fingerprint density at radius 1 is 1.48 bits per heavy atom. The SMILES string of the molecule is CCOC(=O)N1CCC(NC(=O)c2ccnc(N)c2)CC1. The molecule has 114 valence electrons. The van der Waals surface area contributed by atoms with Gasteiger partial charge >= 0.3 is 6.09 Å². The van der Waals surface area contributed by atoms with Crippen LogP contribution in [0.2, 0.25) is 0 Å². The van der Waals surface area contributed by atoms with Gasteiger partial charge in [-0.25, -0.2) is 9.78 Å². The first-order chi connectivity index (χ1) is 10.1. The fraction of sp³-hybridized carbons (Fsp3) is 0.500. The fourth-order valence-corrected chi connectivity index (χ4v) is 2.28. The number of ether oxygens (including phenoxy) is 1. The maximum atomic E-state index is 12.1. The molecule has 1 fully saturated rings. The predicted octanol–water partition coefficient (Wildman–Crippen LogP) is 1.01. The summed E-state index contributed by atoms with van der Waals surface area (Å²) in [5, 5.41) is 2.95. The van der Waals surface area contributed by atoms with Crippen molar-refractivity contribution >= 4 is 17.8 Å². The summed E-state index contributed by atoms with van der Waals surface area (Å²) in [5.74, 6) is 0.151. The van der Waals surface area contributed by atoms with Crippen molar-refractivity contribution in [2.45, 2.75) is 25.8 Å². The van der Waals surface area contributed by atoms with Crippen molar-refractivity contribution in [1.82, 2.24) is 15.2 Å². The molecule has 21 heavy (non-hydrogen) atoms. The molecule has 2 rings (SSSR count). The topological polar surface area (TPSA) is 97.5 Å². The molecular formula is C14H20N4O3. The number of hydrogen-bond acceptors (Lipinski definition) is 5. The van der Waals surface area contributed by atoms with Crippen molar-refractivity contribution in [1.29, 1.82) is 0 Å². The number of amides is 2. The summed E-state index contributed by atoms with van der Waals surface area (Å²) in [4.78, 5) is 29.2. The van der Waals surface area contributed by atoms with E-state index in [0.717, 1.165) is 0 Å². The van der Waals surface area contributed by atoms with E-state index >= 15 is 0 Å². The quantitative estimate of drug-likeness (QED) is 0.866. The van der Waals surface area contributed by atoms with Crippen LogP contribution in [0.5, 0.6) is 0 Å². The number of aromatic nitrogens is 1. The first kappa shape index (κ1) is 15.1. The lowest BCUT2D eigenvalue weighted by molar-refractivity contribution is 0.0860. The summed E-state index contributed by atoms with van der Waals surface area (Å²) in [6, 6.07) is 3.22. The average Bonchev–Trinajstić information content (AvgIpc) is 2.48. The highest BCUT2D eigenvalue weighted by Crippen LogP contribution is 2.12. The summed E-state index contributed by atoms with van der Waals surface area (Å²) >= 11 is 0. The van der Waals surface area contributed by atoms with Gasteiger partial charge in [0, 0.05) is 30.9 Å². The van der Waals surface area contributed by atoms with Gasteiger partial charge in [-0.3, -0.25) is 4.79 Å². The first-order valence-corrected chi connectivity index (χ1v) is 7.04. The minimum atomic E-state index is -0.288. The highest BCUT2D eigenvalue weighted by Gasteiger charge is 2.24. The number of nitrogens with zero attached hydrogens (tertiary/aromatic N) is 2. The van der Waals surface area contributed by atoms with Crippen LogP contribution in [0.15, 0.2) is 18.3 Å². The maximum absolute atomic E-state index is 12.1. The molecule has 0 aliphatic carbocycles. The highest BCUT2D eigenvalue weighted by atomic mass is 16.6. The van der Waals surface area contributed by atoms with Crippen LogP contribution < -0.4 is 11.1 Å². The zero-order chi connectivity index (χ0) is 15.2. The van der Waals surface area contributed by atoms with Crippen molar-refractivity contribution in [3.63, 3.8) is 0 Å². The average molecular weight is 292 g/mol. The number of rotatable bonds is 3. The van der Waals surface area contributed by atoms with Gasteiger partial charge < -0.3 is 20.7 Å². The lowest BCUT2D eigenvalue weighted by Crippen LogP contribution is -2.46. The molecule has 0 bridgehead atoms. The number of anilines is 1. The molecule has 1 saturated heterocycles. The molecule has 0 spiro atoms. The van der Waals surface area contributed by atoms with Gasteiger partial charge in [0.15, 0.2) is 0 Å². The Morgan fingerprint density at radius 2 is 2.19 bits per heavy atom. The number of nitrogen functional groups attached to an aromatic ring is 1. The molecule has 0 aromatic carbocycles. The van der Waals surface area contributed by atoms with Crippen LogP contribution in [0.1, 0.15) is 30.1 Å². The second-order valence-corrected chi connectivity index (χ2v) is 4.90. The van der Waals surface area contributed by atoms with Gasteiger partial charge in [0.25, 0.3) is 5.91 Å². The second-order valence-electron chi connectivity index (χ2n) is 4.90. The van der Waals surface area contributed by atoms with Gasteiger partial charge in [0.2, 0.25) is 0 Å². The van der Waals surface area contributed by atoms with Crippen molar-refractivity contribution < 1.29 is 14.3 Å². The molecule has 1 aromatic rings. The third kappa shape index (κ3) is 4.08. The predicted molar refractivity (Wildman–Crippen MR) is 77.7 cm³/mol. The van der Waals surface area contributed by atoms with Gasteiger partial charge in [-0.2, -0.15) is 0 Å². The monoisotopic (exact) mass is 292 g/mol. The second kappa shape index (κ2) is 6.92. The number of nitrogens with one attached hydrogen (secondary N) is 1. The number of carbonyl (C=O) groups excluding carboxylic acids is 2. The normalized spacial score (nSPS) is 15.6. The standard InChI is InChI=1S/C14H20N4O3/c1-2-21-14(20)18-7-4-11(5-8-18)17-13(19)10-3-6-16-12(15)9-10/h3,6,9,11H,2,4-5,7-8H2,1H3,(H2,15,16)(H,17,19). The van der Waals surface area contributed by atoms with Crippen LogP contribution in [0, 0.1) is 0 Å². The molecular weight excluding hydrogens is 272 g/mol. The molecule has 3 N–H and O–H groups in total. The lowest BCUT2D eigenvalue weighted by atomic mass is 10.0. The summed E-state index contributed by atoms with van der Waals surface area (Å²) in [5.41, 5.74) is 6.06. The number of piperidine rings is 1. The van der Waals surface area contributed by atoms with Crippen LogP contribution in [-0.4, -0.2) is 47.6 Å². The molecule has 2 heterocycles. The van der Waals surface area contributed by atoms with E-state index in [4.69, 9.17) is 10.5 Å². The van der Waals surface area contributed by atoms with E-state index in [0.29, 0.717) is 43.9 Å². The smallest absolute Gasteiger partial charge is 0.409 e. The highest BCUT2D eigenvalue weighted by molar-refractivity contribution is 5.94. The fourth-order valence-electron chi connectivity index (χ4n) is 2.28. The van der Waals surface area contributed by atoms with Gasteiger partial charge in [-0.15, -0.1) is 0 Å². The van der Waals surface area contributed by atoms with E-state index in [1.807, 2.05) is 0 Å². The van der Waals surface area contributed by atoms with Crippen LogP contribution in [0.4, 0.5) is 10.6 Å². The van der Waals surface area contributed by atoms with Crippen molar-refractivity contribution in [2.24, 2.45) is 0 Å². The number of hydrogen-bond donors (Lipinski definition) is 2. The molecule has 0 saturated carbocycles. The minimum Gasteiger partial charge on any atom is -0.450 e. The summed E-state index contributed by atoms with van der Waals surface area (Å²) in [6.45, 7) is 3.33. The molecule has 7 nitrogen and oxygen atoms in total. The summed E-state index contributed by atoms with van der Waals surface area (Å²) in [7, 11) is 0. The van der Waals surface area contributed by atoms with E-state index in [1.165, 1.54) is 6.20 Å². The van der Waals surface area contributed by atoms with E-state index in [2.05, 4.69) is 10.3 Å². The number of nitrogens with two attached hydrogens (primary N) is 1. The minimum absolute atomic E-state index is 0.0533. The van der Waals surface area contributed by atoms with Gasteiger partial charge in [-0.05, 0) is 31.9 Å². The molecule has 0 unspecified atom stereocenters. The number of pyridine rings is 1. The third-order valence-electron chi connectivity index (χ3n) is 3.40. The third-order valence-corrected chi connectivity index (χ3v) is 3.40. The van der Waals surface area contributed by atoms with Crippen LogP contribution in [0.3, 0.4) is 0 Å². The molecule has 0 atom stereocenters. The van der Waals surface area contributed by atoms with Crippen molar-refractivity contribution in [3.8, 4) is 0 Å². The van der Waals surface area contributed by atoms with Gasteiger partial charge in [0.1, 0.15) is 5.82 Å². The van der Waals surface area contributed by atoms with Crippen LogP contribution >= 0.6 is 0 Å². The van der Waals surface area contributed by atoms with E-state index in [9.17, 15) is 9.59 Å². The van der Waals surface area contributed by atoms with E-state index < -0.39 is 0 Å². The maximum Gasteiger partial charge on any atom is 0.409 e. The molecule has 0 radical (unpaired) electrons. The largest absolute Gasteiger partial charge is 0.450 e. The Kier molecular flexibility index (Phi) is 4.97. The van der Waals surface area contributed by atoms with Gasteiger partial charge in [0.05, 0.1) is 6.61 Å². The molecule has 2 amide bonds. The Bertz CT molecular complexity index is 513. The zero-order valence-corrected chi connectivity index (χ0v) is 12.0. The Morgan fingerprint density at radius 3 is 2.81 bits per heavy atom. The van der Waals surface area contributed by atoms with Crippen LogP contribution in [0.25, 0.3) is 0 Å². The zero-order valence-electron chi connectivity index (χ0n) is 12.0. The molecule has 1 aliphatic rings. The molecule has 1 aliphatic heterocycles. The Hall–Kier alpha value is -2.31. The van der Waals surface area contributed by atoms with Gasteiger partial charge in [-0.1, -0.05) is 0 Å². The van der Waals surface area contributed by atoms with Crippen molar-refractivity contribution in [3.05, 3.63) is 23.9 Å². The summed E-state index contributed by atoms with van der Waals surface area (Å²) < 4.78 is 4.96. The number of likely N-dealkylation sites (tertiary alicyclic amines) is 1. The number of carbonyl (C=O) groups is 2. The summed E-state index contributed by atoms with van der Waals surface area (Å²) in [6.07, 6.45) is 2.65. The van der Waals surface area contributed by atoms with Crippen LogP contribution in [-0.2, 0) is 4.74 Å². The Balaban J connectivity index is 1.83. The molecule has 1 aromatic heterocycles. The lowest BCUT2D eigenvalue weighted by Gasteiger charge is -2.31. The Labute approximate surface area is 123 Å². The van der Waals surface area contributed by atoms with Crippen molar-refractivity contribution in [2.75, 3.05) is 25.4 Å². The molecule has 7 heteroatoms. The van der Waals surface area contributed by atoms with E-state index in [-0.39, 0.29) is 18.0 Å².